The highest BCUT2D eigenvalue weighted by atomic mass is 16.5. The third-order valence-corrected chi connectivity index (χ3v) is 3.07. The fourth-order valence-corrected chi connectivity index (χ4v) is 1.91. The molecule has 0 spiro atoms. The molecule has 0 saturated carbocycles. The molecule has 2 rings (SSSR count). The average molecular weight is 248 g/mol. The standard InChI is InChI=1S/C13H16N2O3/c1-13(2)7-18-8-15(13)12(17)10-5-3-9(4-6-10)11(14)16/h3-6H,7-8H2,1-2H3,(H2,14,16). The SMILES string of the molecule is CC1(C)COCN1C(=O)c1ccc(C(N)=O)cc1. The number of nitrogens with zero attached hydrogens (tertiary/aromatic N) is 1. The van der Waals surface area contributed by atoms with E-state index in [0.29, 0.717) is 24.5 Å². The van der Waals surface area contributed by atoms with Crippen LogP contribution in [0.4, 0.5) is 0 Å². The molecule has 0 radical (unpaired) electrons. The Bertz CT molecular complexity index is 480. The lowest BCUT2D eigenvalue weighted by molar-refractivity contribution is 0.0605. The van der Waals surface area contributed by atoms with Gasteiger partial charge in [0.1, 0.15) is 6.73 Å². The quantitative estimate of drug-likeness (QED) is 0.848. The van der Waals surface area contributed by atoms with E-state index in [-0.39, 0.29) is 11.4 Å². The number of primary amides is 1. The summed E-state index contributed by atoms with van der Waals surface area (Å²) in [5.74, 6) is -0.604. The van der Waals surface area contributed by atoms with Gasteiger partial charge in [-0.1, -0.05) is 0 Å². The Hall–Kier alpha value is -1.88. The van der Waals surface area contributed by atoms with Crippen LogP contribution in [0.5, 0.6) is 0 Å². The number of hydrogen-bond donors (Lipinski definition) is 1. The maximum atomic E-state index is 12.3. The van der Waals surface area contributed by atoms with Crippen molar-refractivity contribution in [3.8, 4) is 0 Å². The lowest BCUT2D eigenvalue weighted by Crippen LogP contribution is -2.44. The molecule has 0 aliphatic carbocycles. The van der Waals surface area contributed by atoms with Crippen LogP contribution >= 0.6 is 0 Å². The largest absolute Gasteiger partial charge is 0.366 e. The lowest BCUT2D eigenvalue weighted by atomic mass is 10.0. The van der Waals surface area contributed by atoms with Crippen LogP contribution in [-0.2, 0) is 4.74 Å². The van der Waals surface area contributed by atoms with Gasteiger partial charge in [0, 0.05) is 11.1 Å². The fourth-order valence-electron chi connectivity index (χ4n) is 1.91. The van der Waals surface area contributed by atoms with Gasteiger partial charge < -0.3 is 15.4 Å². The van der Waals surface area contributed by atoms with E-state index in [1.807, 2.05) is 13.8 Å². The highest BCUT2D eigenvalue weighted by Gasteiger charge is 2.36. The second-order valence-electron chi connectivity index (χ2n) is 4.96. The van der Waals surface area contributed by atoms with Crippen LogP contribution in [0.15, 0.2) is 24.3 Å². The molecule has 0 aromatic heterocycles. The molecule has 0 atom stereocenters. The number of rotatable bonds is 2. The molecule has 0 unspecified atom stereocenters. The predicted molar refractivity (Wildman–Crippen MR) is 66.0 cm³/mol. The first-order valence-corrected chi connectivity index (χ1v) is 5.71. The van der Waals surface area contributed by atoms with E-state index in [0.717, 1.165) is 0 Å². The van der Waals surface area contributed by atoms with Gasteiger partial charge in [-0.2, -0.15) is 0 Å². The van der Waals surface area contributed by atoms with Crippen LogP contribution in [-0.4, -0.2) is 35.6 Å². The van der Waals surface area contributed by atoms with E-state index in [1.54, 1.807) is 29.2 Å². The van der Waals surface area contributed by atoms with Crippen molar-refractivity contribution < 1.29 is 14.3 Å². The predicted octanol–water partition coefficient (Wildman–Crippen LogP) is 0.994. The van der Waals surface area contributed by atoms with E-state index in [2.05, 4.69) is 0 Å². The van der Waals surface area contributed by atoms with Crippen LogP contribution in [0.25, 0.3) is 0 Å². The molecule has 96 valence electrons. The highest BCUT2D eigenvalue weighted by molar-refractivity contribution is 5.97. The molecule has 1 aromatic carbocycles. The van der Waals surface area contributed by atoms with Gasteiger partial charge in [0.2, 0.25) is 5.91 Å². The third kappa shape index (κ3) is 2.22. The number of hydrogen-bond acceptors (Lipinski definition) is 3. The Morgan fingerprint density at radius 1 is 1.22 bits per heavy atom. The third-order valence-electron chi connectivity index (χ3n) is 3.07. The summed E-state index contributed by atoms with van der Waals surface area (Å²) in [7, 11) is 0. The topological polar surface area (TPSA) is 72.6 Å². The number of ether oxygens (including phenoxy) is 1. The zero-order valence-electron chi connectivity index (χ0n) is 10.5. The molecular formula is C13H16N2O3. The summed E-state index contributed by atoms with van der Waals surface area (Å²) in [5.41, 5.74) is 5.76. The molecule has 18 heavy (non-hydrogen) atoms. The van der Waals surface area contributed by atoms with Crippen molar-refractivity contribution in [2.45, 2.75) is 19.4 Å². The molecule has 1 aliphatic heterocycles. The van der Waals surface area contributed by atoms with Crippen molar-refractivity contribution in [1.82, 2.24) is 4.90 Å². The minimum absolute atomic E-state index is 0.103. The lowest BCUT2D eigenvalue weighted by Gasteiger charge is -2.29. The van der Waals surface area contributed by atoms with Crippen molar-refractivity contribution in [3.05, 3.63) is 35.4 Å². The second-order valence-corrected chi connectivity index (χ2v) is 4.96. The van der Waals surface area contributed by atoms with Crippen molar-refractivity contribution >= 4 is 11.8 Å². The Morgan fingerprint density at radius 3 is 2.22 bits per heavy atom. The van der Waals surface area contributed by atoms with E-state index in [4.69, 9.17) is 10.5 Å². The van der Waals surface area contributed by atoms with E-state index >= 15 is 0 Å². The molecule has 5 heteroatoms. The Labute approximate surface area is 106 Å². The molecule has 1 fully saturated rings. The van der Waals surface area contributed by atoms with E-state index < -0.39 is 5.91 Å². The highest BCUT2D eigenvalue weighted by Crippen LogP contribution is 2.23. The molecule has 1 aliphatic rings. The summed E-state index contributed by atoms with van der Waals surface area (Å²) < 4.78 is 5.31. The van der Waals surface area contributed by atoms with Crippen LogP contribution < -0.4 is 5.73 Å². The van der Waals surface area contributed by atoms with Crippen molar-refractivity contribution in [3.63, 3.8) is 0 Å². The summed E-state index contributed by atoms with van der Waals surface area (Å²) in [6.45, 7) is 4.73. The van der Waals surface area contributed by atoms with Crippen molar-refractivity contribution in [2.75, 3.05) is 13.3 Å². The minimum atomic E-state index is -0.501. The molecule has 0 bridgehead atoms. The van der Waals surface area contributed by atoms with Crippen molar-refractivity contribution in [1.29, 1.82) is 0 Å². The molecule has 1 aromatic rings. The summed E-state index contributed by atoms with van der Waals surface area (Å²) in [6, 6.07) is 6.33. The number of nitrogens with two attached hydrogens (primary N) is 1. The molecular weight excluding hydrogens is 232 g/mol. The van der Waals surface area contributed by atoms with Gasteiger partial charge >= 0.3 is 0 Å². The number of amides is 2. The smallest absolute Gasteiger partial charge is 0.256 e. The van der Waals surface area contributed by atoms with Gasteiger partial charge in [-0.3, -0.25) is 9.59 Å². The van der Waals surface area contributed by atoms with Crippen molar-refractivity contribution in [2.24, 2.45) is 5.73 Å². The molecule has 5 nitrogen and oxygen atoms in total. The van der Waals surface area contributed by atoms with Crippen LogP contribution in [0.1, 0.15) is 34.6 Å². The summed E-state index contributed by atoms with van der Waals surface area (Å²) in [4.78, 5) is 24.9. The monoisotopic (exact) mass is 248 g/mol. The molecule has 1 heterocycles. The number of carbonyl (C=O) groups excluding carboxylic acids is 2. The minimum Gasteiger partial charge on any atom is -0.366 e. The summed E-state index contributed by atoms with van der Waals surface area (Å²) >= 11 is 0. The van der Waals surface area contributed by atoms with E-state index in [1.165, 1.54) is 0 Å². The first-order valence-electron chi connectivity index (χ1n) is 5.71. The van der Waals surface area contributed by atoms with Gasteiger partial charge in [0.05, 0.1) is 12.1 Å². The van der Waals surface area contributed by atoms with Gasteiger partial charge in [0.25, 0.3) is 5.91 Å². The second kappa shape index (κ2) is 4.42. The molecule has 1 saturated heterocycles. The number of carbonyl (C=O) groups is 2. The van der Waals surface area contributed by atoms with Crippen LogP contribution in [0.3, 0.4) is 0 Å². The molecule has 2 N–H and O–H groups in total. The Kier molecular flexibility index (Phi) is 3.09. The fraction of sp³-hybridized carbons (Fsp3) is 0.385. The zero-order chi connectivity index (χ0) is 13.3. The summed E-state index contributed by atoms with van der Waals surface area (Å²) in [5, 5.41) is 0. The van der Waals surface area contributed by atoms with Gasteiger partial charge in [-0.15, -0.1) is 0 Å². The first-order chi connectivity index (χ1) is 8.42. The Balaban J connectivity index is 2.21. The maximum Gasteiger partial charge on any atom is 0.256 e. The van der Waals surface area contributed by atoms with Crippen LogP contribution in [0, 0.1) is 0 Å². The average Bonchev–Trinajstić information content (AvgIpc) is 2.68. The van der Waals surface area contributed by atoms with E-state index in [9.17, 15) is 9.59 Å². The first kappa shape index (κ1) is 12.6. The van der Waals surface area contributed by atoms with Gasteiger partial charge in [0.15, 0.2) is 0 Å². The maximum absolute atomic E-state index is 12.3. The van der Waals surface area contributed by atoms with Crippen LogP contribution in [0.2, 0.25) is 0 Å². The van der Waals surface area contributed by atoms with Gasteiger partial charge in [-0.05, 0) is 38.1 Å². The molecule has 2 amide bonds. The normalized spacial score (nSPS) is 17.8. The zero-order valence-corrected chi connectivity index (χ0v) is 10.5. The van der Waals surface area contributed by atoms with Gasteiger partial charge in [-0.25, -0.2) is 0 Å². The number of benzene rings is 1. The Morgan fingerprint density at radius 2 is 1.78 bits per heavy atom. The summed E-state index contributed by atoms with van der Waals surface area (Å²) in [6.07, 6.45) is 0.